The van der Waals surface area contributed by atoms with Gasteiger partial charge < -0.3 is 9.88 Å². The summed E-state index contributed by atoms with van der Waals surface area (Å²) in [6.45, 7) is 6.13. The summed E-state index contributed by atoms with van der Waals surface area (Å²) in [4.78, 5) is 12.8. The maximum Gasteiger partial charge on any atom is 0.237 e. The molecule has 0 aliphatic rings. The molecule has 7 heteroatoms. The second-order valence-electron chi connectivity index (χ2n) is 7.02. The first-order valence-electron chi connectivity index (χ1n) is 9.62. The summed E-state index contributed by atoms with van der Waals surface area (Å²) >= 11 is 1.34. The fraction of sp³-hybridized carbons (Fsp3) is 0.318. The van der Waals surface area contributed by atoms with E-state index in [1.54, 1.807) is 12.1 Å². The first-order valence-corrected chi connectivity index (χ1v) is 10.5. The lowest BCUT2D eigenvalue weighted by atomic mass is 9.97. The van der Waals surface area contributed by atoms with Crippen LogP contribution in [0.1, 0.15) is 38.7 Å². The number of aromatic nitrogens is 3. The monoisotopic (exact) mass is 412 g/mol. The lowest BCUT2D eigenvalue weighted by Crippen LogP contribution is -2.23. The van der Waals surface area contributed by atoms with E-state index in [1.807, 2.05) is 36.7 Å². The van der Waals surface area contributed by atoms with Gasteiger partial charge in [-0.2, -0.15) is 0 Å². The van der Waals surface area contributed by atoms with Gasteiger partial charge in [-0.3, -0.25) is 4.79 Å². The van der Waals surface area contributed by atoms with E-state index in [4.69, 9.17) is 0 Å². The molecule has 3 aromatic rings. The predicted octanol–water partition coefficient (Wildman–Crippen LogP) is 5.25. The van der Waals surface area contributed by atoms with Crippen LogP contribution in [0.4, 0.5) is 10.1 Å². The minimum atomic E-state index is -0.357. The molecule has 0 radical (unpaired) electrons. The smallest absolute Gasteiger partial charge is 0.237 e. The van der Waals surface area contributed by atoms with Crippen LogP contribution in [0.2, 0.25) is 0 Å². The molecule has 3 rings (SSSR count). The van der Waals surface area contributed by atoms with Crippen LogP contribution >= 0.6 is 11.8 Å². The van der Waals surface area contributed by atoms with E-state index in [0.29, 0.717) is 16.9 Å². The Bertz CT molecular complexity index is 987. The molecule has 5 nitrogen and oxygen atoms in total. The van der Waals surface area contributed by atoms with Gasteiger partial charge in [0, 0.05) is 18.3 Å². The summed E-state index contributed by atoms with van der Waals surface area (Å²) in [5, 5.41) is 11.7. The van der Waals surface area contributed by atoms with Crippen LogP contribution in [0.5, 0.6) is 0 Å². The van der Waals surface area contributed by atoms with E-state index in [-0.39, 0.29) is 17.0 Å². The van der Waals surface area contributed by atoms with Gasteiger partial charge in [0.2, 0.25) is 5.91 Å². The average Bonchev–Trinajstić information content (AvgIpc) is 3.08. The molecule has 0 saturated heterocycles. The molecule has 1 aromatic heterocycles. The standard InChI is InChI=1S/C22H25FN4OS/c1-5-14(2)18-8-6-7-9-19(18)24-21(28)15(3)29-22-26-25-20(27(22)4)16-10-12-17(23)13-11-16/h6-15H,5H2,1-4H3,(H,24,28)/t14-,15+/m0/s1. The van der Waals surface area contributed by atoms with Gasteiger partial charge >= 0.3 is 0 Å². The number of nitrogens with zero attached hydrogens (tertiary/aromatic N) is 3. The molecule has 0 aliphatic heterocycles. The quantitative estimate of drug-likeness (QED) is 0.538. The Hall–Kier alpha value is -2.67. The Morgan fingerprint density at radius 2 is 1.83 bits per heavy atom. The van der Waals surface area contributed by atoms with E-state index < -0.39 is 0 Å². The molecule has 1 amide bonds. The van der Waals surface area contributed by atoms with Gasteiger partial charge in [-0.1, -0.05) is 43.8 Å². The fourth-order valence-electron chi connectivity index (χ4n) is 2.97. The number of nitrogens with one attached hydrogen (secondary N) is 1. The van der Waals surface area contributed by atoms with Crippen LogP contribution in [-0.4, -0.2) is 25.9 Å². The van der Waals surface area contributed by atoms with Gasteiger partial charge in [-0.25, -0.2) is 4.39 Å². The summed E-state index contributed by atoms with van der Waals surface area (Å²) < 4.78 is 15.0. The number of hydrogen-bond acceptors (Lipinski definition) is 4. The second kappa shape index (κ2) is 9.22. The number of carbonyl (C=O) groups is 1. The lowest BCUT2D eigenvalue weighted by molar-refractivity contribution is -0.115. The molecule has 152 valence electrons. The van der Waals surface area contributed by atoms with Crippen molar-refractivity contribution in [3.05, 3.63) is 59.9 Å². The summed E-state index contributed by atoms with van der Waals surface area (Å²) in [5.74, 6) is 0.610. The third-order valence-electron chi connectivity index (χ3n) is 4.95. The first kappa shape index (κ1) is 21.0. The number of benzene rings is 2. The Balaban J connectivity index is 1.72. The van der Waals surface area contributed by atoms with Gasteiger partial charge in [-0.05, 0) is 55.2 Å². The van der Waals surface area contributed by atoms with Crippen molar-refractivity contribution in [1.82, 2.24) is 14.8 Å². The van der Waals surface area contributed by atoms with Gasteiger partial charge in [0.1, 0.15) is 5.82 Å². The molecular formula is C22H25FN4OS. The van der Waals surface area contributed by atoms with Crippen molar-refractivity contribution < 1.29 is 9.18 Å². The van der Waals surface area contributed by atoms with Crippen molar-refractivity contribution in [3.63, 3.8) is 0 Å². The van der Waals surface area contributed by atoms with Crippen LogP contribution < -0.4 is 5.32 Å². The SMILES string of the molecule is CC[C@H](C)c1ccccc1NC(=O)[C@@H](C)Sc1nnc(-c2ccc(F)cc2)n1C. The van der Waals surface area contributed by atoms with Crippen LogP contribution in [0, 0.1) is 5.82 Å². The molecule has 0 spiro atoms. The Kier molecular flexibility index (Phi) is 6.69. The van der Waals surface area contributed by atoms with Crippen LogP contribution in [-0.2, 0) is 11.8 Å². The first-order chi connectivity index (χ1) is 13.9. The molecular weight excluding hydrogens is 387 g/mol. The molecule has 2 atom stereocenters. The highest BCUT2D eigenvalue weighted by atomic mass is 32.2. The van der Waals surface area contributed by atoms with Crippen molar-refractivity contribution in [2.24, 2.45) is 7.05 Å². The highest BCUT2D eigenvalue weighted by molar-refractivity contribution is 8.00. The van der Waals surface area contributed by atoms with Crippen LogP contribution in [0.3, 0.4) is 0 Å². The van der Waals surface area contributed by atoms with Crippen molar-refractivity contribution in [3.8, 4) is 11.4 Å². The Morgan fingerprint density at radius 3 is 2.52 bits per heavy atom. The highest BCUT2D eigenvalue weighted by Crippen LogP contribution is 2.29. The molecule has 0 unspecified atom stereocenters. The van der Waals surface area contributed by atoms with E-state index in [2.05, 4.69) is 35.4 Å². The third kappa shape index (κ3) is 4.85. The molecule has 29 heavy (non-hydrogen) atoms. The highest BCUT2D eigenvalue weighted by Gasteiger charge is 2.21. The minimum Gasteiger partial charge on any atom is -0.325 e. The number of carbonyl (C=O) groups excluding carboxylic acids is 1. The number of thioether (sulfide) groups is 1. The normalized spacial score (nSPS) is 13.1. The van der Waals surface area contributed by atoms with Gasteiger partial charge in [0.15, 0.2) is 11.0 Å². The molecule has 0 saturated carbocycles. The van der Waals surface area contributed by atoms with Crippen molar-refractivity contribution in [1.29, 1.82) is 0 Å². The van der Waals surface area contributed by atoms with Gasteiger partial charge in [0.05, 0.1) is 5.25 Å². The van der Waals surface area contributed by atoms with Crippen molar-refractivity contribution >= 4 is 23.4 Å². The average molecular weight is 413 g/mol. The van der Waals surface area contributed by atoms with E-state index in [9.17, 15) is 9.18 Å². The zero-order valence-corrected chi connectivity index (χ0v) is 17.8. The summed E-state index contributed by atoms with van der Waals surface area (Å²) in [6.07, 6.45) is 1.00. The number of para-hydroxylation sites is 1. The molecule has 0 bridgehead atoms. The lowest BCUT2D eigenvalue weighted by Gasteiger charge is -2.17. The van der Waals surface area contributed by atoms with Crippen molar-refractivity contribution in [2.45, 2.75) is 43.5 Å². The number of rotatable bonds is 7. The fourth-order valence-corrected chi connectivity index (χ4v) is 3.79. The Morgan fingerprint density at radius 1 is 1.14 bits per heavy atom. The van der Waals surface area contributed by atoms with Crippen LogP contribution in [0.15, 0.2) is 53.7 Å². The Labute approximate surface area is 174 Å². The van der Waals surface area contributed by atoms with Crippen molar-refractivity contribution in [2.75, 3.05) is 5.32 Å². The number of halogens is 1. The maximum atomic E-state index is 13.2. The van der Waals surface area contributed by atoms with Gasteiger partial charge in [0.25, 0.3) is 0 Å². The predicted molar refractivity (Wildman–Crippen MR) is 115 cm³/mol. The number of hydrogen-bond donors (Lipinski definition) is 1. The van der Waals surface area contributed by atoms with Gasteiger partial charge in [-0.15, -0.1) is 10.2 Å². The summed E-state index contributed by atoms with van der Waals surface area (Å²) in [5.41, 5.74) is 2.76. The maximum absolute atomic E-state index is 13.2. The summed E-state index contributed by atoms with van der Waals surface area (Å²) in [6, 6.07) is 14.0. The van der Waals surface area contributed by atoms with E-state index in [0.717, 1.165) is 23.2 Å². The minimum absolute atomic E-state index is 0.0860. The summed E-state index contributed by atoms with van der Waals surface area (Å²) in [7, 11) is 1.84. The zero-order valence-electron chi connectivity index (χ0n) is 17.0. The number of anilines is 1. The molecule has 0 aliphatic carbocycles. The van der Waals surface area contributed by atoms with E-state index >= 15 is 0 Å². The topological polar surface area (TPSA) is 59.8 Å². The molecule has 1 N–H and O–H groups in total. The molecule has 2 aromatic carbocycles. The van der Waals surface area contributed by atoms with E-state index in [1.165, 1.54) is 23.9 Å². The molecule has 0 fully saturated rings. The second-order valence-corrected chi connectivity index (χ2v) is 8.33. The largest absolute Gasteiger partial charge is 0.325 e. The zero-order chi connectivity index (χ0) is 21.0. The van der Waals surface area contributed by atoms with Crippen LogP contribution in [0.25, 0.3) is 11.4 Å². The third-order valence-corrected chi connectivity index (χ3v) is 6.08. The number of amides is 1. The molecule has 1 heterocycles.